The van der Waals surface area contributed by atoms with E-state index in [9.17, 15) is 4.79 Å². The van der Waals surface area contributed by atoms with Crippen LogP contribution >= 0.6 is 0 Å². The van der Waals surface area contributed by atoms with Crippen LogP contribution in [0.15, 0.2) is 48.8 Å². The number of carbonyl (C=O) groups is 1. The van der Waals surface area contributed by atoms with Crippen LogP contribution in [0.3, 0.4) is 0 Å². The third-order valence-corrected chi connectivity index (χ3v) is 5.86. The first-order chi connectivity index (χ1) is 15.5. The number of aromatic nitrogens is 5. The summed E-state index contributed by atoms with van der Waals surface area (Å²) in [6.45, 7) is 4.62. The minimum atomic E-state index is -0.221. The van der Waals surface area contributed by atoms with Crippen molar-refractivity contribution < 1.29 is 9.53 Å². The second-order valence-corrected chi connectivity index (χ2v) is 8.05. The number of nitrogens with zero attached hydrogens (tertiary/aromatic N) is 5. The van der Waals surface area contributed by atoms with E-state index in [0.29, 0.717) is 17.9 Å². The molecule has 3 aromatic heterocycles. The predicted octanol–water partition coefficient (Wildman–Crippen LogP) is 3.08. The van der Waals surface area contributed by atoms with Crippen LogP contribution < -0.4 is 15.8 Å². The van der Waals surface area contributed by atoms with Gasteiger partial charge in [-0.3, -0.25) is 9.48 Å². The van der Waals surface area contributed by atoms with Crippen molar-refractivity contribution >= 4 is 17.5 Å². The van der Waals surface area contributed by atoms with Crippen molar-refractivity contribution in [3.05, 3.63) is 60.0 Å². The molecule has 3 N–H and O–H groups in total. The van der Waals surface area contributed by atoms with Crippen molar-refractivity contribution in [2.24, 2.45) is 0 Å². The molecule has 4 heterocycles. The summed E-state index contributed by atoms with van der Waals surface area (Å²) in [7, 11) is 0. The summed E-state index contributed by atoms with van der Waals surface area (Å²) in [5, 5.41) is 11.8. The van der Waals surface area contributed by atoms with Crippen molar-refractivity contribution in [2.45, 2.75) is 38.8 Å². The Balaban J connectivity index is 1.54. The van der Waals surface area contributed by atoms with Gasteiger partial charge in [-0.05, 0) is 37.1 Å². The van der Waals surface area contributed by atoms with Gasteiger partial charge < -0.3 is 15.8 Å². The van der Waals surface area contributed by atoms with Crippen LogP contribution in [0.4, 0.5) is 5.95 Å². The van der Waals surface area contributed by atoms with Gasteiger partial charge in [0.15, 0.2) is 5.65 Å². The maximum Gasteiger partial charge on any atom is 0.270 e. The summed E-state index contributed by atoms with van der Waals surface area (Å²) in [6, 6.07) is 11.8. The molecule has 32 heavy (non-hydrogen) atoms. The Morgan fingerprint density at radius 3 is 3.00 bits per heavy atom. The number of nitrogen functional groups attached to an aromatic ring is 1. The maximum absolute atomic E-state index is 12.9. The van der Waals surface area contributed by atoms with Crippen LogP contribution in [-0.2, 0) is 0 Å². The van der Waals surface area contributed by atoms with Crippen LogP contribution in [0.1, 0.15) is 48.8 Å². The predicted molar refractivity (Wildman–Crippen MR) is 121 cm³/mol. The van der Waals surface area contributed by atoms with Gasteiger partial charge in [0.05, 0.1) is 18.8 Å². The number of para-hydroxylation sites is 1. The fourth-order valence-corrected chi connectivity index (χ4v) is 3.98. The first-order valence-corrected chi connectivity index (χ1v) is 10.8. The Hall–Kier alpha value is -3.88. The number of nitrogens with one attached hydrogen (secondary N) is 1. The van der Waals surface area contributed by atoms with Gasteiger partial charge in [0.25, 0.3) is 5.91 Å². The number of pyridine rings is 1. The monoisotopic (exact) mass is 431 g/mol. The fourth-order valence-electron chi connectivity index (χ4n) is 3.98. The van der Waals surface area contributed by atoms with Crippen LogP contribution in [0.25, 0.3) is 16.8 Å². The molecule has 9 heteroatoms. The SMILES string of the molecule is CCC(C)NC(=O)c1cc(-c2cnn(C3CCOc4ccccc43)c2)cc2nc(N)nn12. The van der Waals surface area contributed by atoms with Crippen LogP contribution in [0, 0.1) is 0 Å². The highest BCUT2D eigenvalue weighted by atomic mass is 16.5. The van der Waals surface area contributed by atoms with Crippen molar-refractivity contribution in [2.75, 3.05) is 12.3 Å². The van der Waals surface area contributed by atoms with Gasteiger partial charge in [-0.2, -0.15) is 10.1 Å². The lowest BCUT2D eigenvalue weighted by molar-refractivity contribution is 0.0932. The van der Waals surface area contributed by atoms with Gasteiger partial charge in [0.1, 0.15) is 11.4 Å². The average molecular weight is 432 g/mol. The molecular formula is C23H25N7O2. The topological polar surface area (TPSA) is 112 Å². The summed E-state index contributed by atoms with van der Waals surface area (Å²) >= 11 is 0. The number of rotatable bonds is 5. The lowest BCUT2D eigenvalue weighted by Crippen LogP contribution is -2.33. The van der Waals surface area contributed by atoms with Gasteiger partial charge in [0, 0.05) is 29.8 Å². The molecule has 2 unspecified atom stereocenters. The second-order valence-electron chi connectivity index (χ2n) is 8.05. The number of fused-ring (bicyclic) bond motifs is 2. The van der Waals surface area contributed by atoms with Crippen molar-refractivity contribution in [1.82, 2.24) is 29.7 Å². The lowest BCUT2D eigenvalue weighted by atomic mass is 10.0. The highest BCUT2D eigenvalue weighted by Crippen LogP contribution is 2.35. The summed E-state index contributed by atoms with van der Waals surface area (Å²) in [6.07, 6.45) is 5.46. The number of ether oxygens (including phenoxy) is 1. The van der Waals surface area contributed by atoms with E-state index in [2.05, 4.69) is 26.6 Å². The van der Waals surface area contributed by atoms with Gasteiger partial charge in [-0.15, -0.1) is 5.10 Å². The van der Waals surface area contributed by atoms with E-state index in [1.807, 2.05) is 49.0 Å². The van der Waals surface area contributed by atoms with E-state index in [0.717, 1.165) is 35.3 Å². The molecule has 0 radical (unpaired) electrons. The molecule has 0 aliphatic carbocycles. The molecule has 0 saturated carbocycles. The number of anilines is 1. The first kappa shape index (κ1) is 20.0. The number of carbonyl (C=O) groups excluding carboxylic acids is 1. The molecule has 1 aliphatic rings. The molecule has 0 fully saturated rings. The summed E-state index contributed by atoms with van der Waals surface area (Å²) in [4.78, 5) is 17.2. The molecule has 4 aromatic rings. The zero-order valence-corrected chi connectivity index (χ0v) is 18.0. The zero-order valence-electron chi connectivity index (χ0n) is 18.0. The Kier molecular flexibility index (Phi) is 5.01. The van der Waals surface area contributed by atoms with E-state index in [-0.39, 0.29) is 23.9 Å². The van der Waals surface area contributed by atoms with Gasteiger partial charge >= 0.3 is 0 Å². The van der Waals surface area contributed by atoms with Crippen LogP contribution in [0.2, 0.25) is 0 Å². The highest BCUT2D eigenvalue weighted by Gasteiger charge is 2.24. The molecule has 1 amide bonds. The molecule has 0 bridgehead atoms. The van der Waals surface area contributed by atoms with Gasteiger partial charge in [-0.1, -0.05) is 25.1 Å². The molecule has 0 saturated heterocycles. The smallest absolute Gasteiger partial charge is 0.270 e. The number of nitrogens with two attached hydrogens (primary N) is 1. The van der Waals surface area contributed by atoms with Crippen molar-refractivity contribution in [3.63, 3.8) is 0 Å². The molecule has 0 spiro atoms. The third kappa shape index (κ3) is 3.55. The number of hydrogen-bond donors (Lipinski definition) is 2. The molecule has 164 valence electrons. The number of hydrogen-bond acceptors (Lipinski definition) is 6. The Labute approximate surface area is 185 Å². The van der Waals surface area contributed by atoms with Crippen molar-refractivity contribution in [3.8, 4) is 16.9 Å². The molecule has 5 rings (SSSR count). The molecule has 1 aliphatic heterocycles. The molecule has 2 atom stereocenters. The van der Waals surface area contributed by atoms with Gasteiger partial charge in [0.2, 0.25) is 5.95 Å². The van der Waals surface area contributed by atoms with Crippen LogP contribution in [-0.4, -0.2) is 42.9 Å². The lowest BCUT2D eigenvalue weighted by Gasteiger charge is -2.26. The Bertz CT molecular complexity index is 1290. The minimum Gasteiger partial charge on any atom is -0.493 e. The van der Waals surface area contributed by atoms with E-state index in [4.69, 9.17) is 10.5 Å². The summed E-state index contributed by atoms with van der Waals surface area (Å²) in [5.74, 6) is 0.793. The maximum atomic E-state index is 12.9. The Morgan fingerprint density at radius 1 is 1.31 bits per heavy atom. The van der Waals surface area contributed by atoms with E-state index in [1.165, 1.54) is 4.52 Å². The first-order valence-electron chi connectivity index (χ1n) is 10.8. The number of amides is 1. The quantitative estimate of drug-likeness (QED) is 0.502. The zero-order chi connectivity index (χ0) is 22.2. The Morgan fingerprint density at radius 2 is 2.16 bits per heavy atom. The summed E-state index contributed by atoms with van der Waals surface area (Å²) < 4.78 is 9.22. The van der Waals surface area contributed by atoms with E-state index in [1.54, 1.807) is 12.3 Å². The molecule has 1 aromatic carbocycles. The summed E-state index contributed by atoms with van der Waals surface area (Å²) in [5.41, 5.74) is 9.54. The fraction of sp³-hybridized carbons (Fsp3) is 0.304. The molecule has 9 nitrogen and oxygen atoms in total. The average Bonchev–Trinajstić information content (AvgIpc) is 3.44. The van der Waals surface area contributed by atoms with Crippen molar-refractivity contribution in [1.29, 1.82) is 0 Å². The number of benzene rings is 1. The normalized spacial score (nSPS) is 16.4. The standard InChI is InChI=1S/C23H25N7O2/c1-3-14(2)26-22(31)19-10-15(11-21-27-23(24)28-30(19)21)16-12-25-29(13-16)18-8-9-32-20-7-5-4-6-17(18)20/h4-7,10-14,18H,3,8-9H2,1-2H3,(H2,24,28)(H,26,31). The van der Waals surface area contributed by atoms with E-state index < -0.39 is 0 Å². The van der Waals surface area contributed by atoms with E-state index >= 15 is 0 Å². The third-order valence-electron chi connectivity index (χ3n) is 5.86. The van der Waals surface area contributed by atoms with Gasteiger partial charge in [-0.25, -0.2) is 4.52 Å². The minimum absolute atomic E-state index is 0.0402. The van der Waals surface area contributed by atoms with Crippen LogP contribution in [0.5, 0.6) is 5.75 Å². The second kappa shape index (κ2) is 7.99. The highest BCUT2D eigenvalue weighted by molar-refractivity contribution is 5.95. The molecular weight excluding hydrogens is 406 g/mol. The largest absolute Gasteiger partial charge is 0.493 e.